The van der Waals surface area contributed by atoms with Crippen molar-refractivity contribution >= 4 is 5.69 Å². The summed E-state index contributed by atoms with van der Waals surface area (Å²) >= 11 is 0. The second-order valence-corrected chi connectivity index (χ2v) is 4.46. The van der Waals surface area contributed by atoms with Crippen molar-refractivity contribution in [1.29, 1.82) is 0 Å². The molecule has 2 rings (SSSR count). The van der Waals surface area contributed by atoms with Gasteiger partial charge in [-0.3, -0.25) is 4.48 Å². The smallest absolute Gasteiger partial charge is 0.133 e. The molecule has 0 amide bonds. The fraction of sp³-hybridized carbons (Fsp3) is 0.429. The van der Waals surface area contributed by atoms with Crippen LogP contribution in [-0.4, -0.2) is 19.6 Å². The van der Waals surface area contributed by atoms with E-state index in [1.807, 2.05) is 0 Å². The van der Waals surface area contributed by atoms with Gasteiger partial charge in [-0.25, -0.2) is 0 Å². The van der Waals surface area contributed by atoms with Crippen LogP contribution < -0.4 is 4.48 Å². The van der Waals surface area contributed by atoms with Gasteiger partial charge in [0.05, 0.1) is 13.1 Å². The highest BCUT2D eigenvalue weighted by Crippen LogP contribution is 2.28. The Kier molecular flexibility index (Phi) is 3.22. The molecule has 0 radical (unpaired) electrons. The molecule has 80 valence electrons. The molecule has 0 bridgehead atoms. The molecule has 0 N–H and O–H groups in total. The van der Waals surface area contributed by atoms with Gasteiger partial charge in [0.2, 0.25) is 0 Å². The van der Waals surface area contributed by atoms with Crippen molar-refractivity contribution in [2.45, 2.75) is 19.3 Å². The molecule has 1 aromatic rings. The zero-order valence-corrected chi connectivity index (χ0v) is 9.36. The van der Waals surface area contributed by atoms with Crippen LogP contribution in [0.3, 0.4) is 0 Å². The lowest BCUT2D eigenvalue weighted by atomic mass is 10.1. The number of hydrogen-bond donors (Lipinski definition) is 0. The first-order valence-electron chi connectivity index (χ1n) is 5.90. The van der Waals surface area contributed by atoms with Gasteiger partial charge in [0, 0.05) is 0 Å². The fourth-order valence-corrected chi connectivity index (χ4v) is 2.66. The van der Waals surface area contributed by atoms with Gasteiger partial charge in [-0.1, -0.05) is 24.8 Å². The van der Waals surface area contributed by atoms with E-state index >= 15 is 0 Å². The molecule has 1 heteroatoms. The van der Waals surface area contributed by atoms with Crippen molar-refractivity contribution in [3.05, 3.63) is 43.0 Å². The second kappa shape index (κ2) is 4.63. The van der Waals surface area contributed by atoms with Crippen LogP contribution in [-0.2, 0) is 0 Å². The first kappa shape index (κ1) is 10.4. The van der Waals surface area contributed by atoms with Crippen LogP contribution in [0.25, 0.3) is 0 Å². The number of hydrogen-bond acceptors (Lipinski definition) is 0. The molecule has 0 unspecified atom stereocenters. The molecule has 1 aromatic carbocycles. The van der Waals surface area contributed by atoms with Crippen molar-refractivity contribution in [2.24, 2.45) is 0 Å². The summed E-state index contributed by atoms with van der Waals surface area (Å²) in [7, 11) is 0. The van der Waals surface area contributed by atoms with Crippen LogP contribution in [0.15, 0.2) is 43.0 Å². The quantitative estimate of drug-likeness (QED) is 0.521. The summed E-state index contributed by atoms with van der Waals surface area (Å²) in [6.07, 6.45) is 6.16. The lowest BCUT2D eigenvalue weighted by Crippen LogP contribution is -2.52. The maximum absolute atomic E-state index is 3.91. The summed E-state index contributed by atoms with van der Waals surface area (Å²) in [6.45, 7) is 7.53. The standard InChI is InChI=1S/C14H20N/c1-2-11-15(12-7-4-8-13-15)14-9-5-3-6-10-14/h2-3,5-6,9-10H,1,4,7-8,11-13H2/q+1. The Morgan fingerprint density at radius 3 is 2.33 bits per heavy atom. The van der Waals surface area contributed by atoms with Crippen molar-refractivity contribution in [2.75, 3.05) is 19.6 Å². The lowest BCUT2D eigenvalue weighted by molar-refractivity contribution is 0.250. The number of rotatable bonds is 3. The van der Waals surface area contributed by atoms with Gasteiger partial charge >= 0.3 is 0 Å². The minimum absolute atomic E-state index is 1.07. The Hall–Kier alpha value is -1.08. The Balaban J connectivity index is 2.29. The third-order valence-electron chi connectivity index (χ3n) is 3.45. The molecule has 15 heavy (non-hydrogen) atoms. The normalized spacial score (nSPS) is 19.7. The van der Waals surface area contributed by atoms with Crippen molar-refractivity contribution in [3.8, 4) is 0 Å². The van der Waals surface area contributed by atoms with Crippen LogP contribution in [0.4, 0.5) is 5.69 Å². The van der Waals surface area contributed by atoms with E-state index in [1.165, 1.54) is 38.0 Å². The van der Waals surface area contributed by atoms with Crippen molar-refractivity contribution in [3.63, 3.8) is 0 Å². The average molecular weight is 202 g/mol. The van der Waals surface area contributed by atoms with Crippen LogP contribution in [0.2, 0.25) is 0 Å². The number of quaternary nitrogens is 1. The van der Waals surface area contributed by atoms with E-state index in [-0.39, 0.29) is 0 Å². The third-order valence-corrected chi connectivity index (χ3v) is 3.45. The number of nitrogens with zero attached hydrogens (tertiary/aromatic N) is 1. The molecule has 0 aliphatic carbocycles. The molecular formula is C14H20N+. The molecule has 0 aromatic heterocycles. The van der Waals surface area contributed by atoms with Gasteiger partial charge in [-0.05, 0) is 37.5 Å². The molecule has 1 fully saturated rings. The van der Waals surface area contributed by atoms with E-state index in [0.717, 1.165) is 11.0 Å². The number of piperidine rings is 1. The fourth-order valence-electron chi connectivity index (χ4n) is 2.66. The summed E-state index contributed by atoms with van der Waals surface area (Å²) in [5.41, 5.74) is 1.46. The zero-order valence-electron chi connectivity index (χ0n) is 9.36. The van der Waals surface area contributed by atoms with E-state index in [9.17, 15) is 0 Å². The predicted octanol–water partition coefficient (Wildman–Crippen LogP) is 3.36. The van der Waals surface area contributed by atoms with Crippen LogP contribution in [0.1, 0.15) is 19.3 Å². The maximum atomic E-state index is 3.91. The Labute approximate surface area is 92.6 Å². The van der Waals surface area contributed by atoms with E-state index in [4.69, 9.17) is 0 Å². The van der Waals surface area contributed by atoms with Gasteiger partial charge in [-0.2, -0.15) is 0 Å². The monoisotopic (exact) mass is 202 g/mol. The zero-order chi connectivity index (χ0) is 10.6. The van der Waals surface area contributed by atoms with Gasteiger partial charge in [0.1, 0.15) is 12.2 Å². The first-order chi connectivity index (χ1) is 7.37. The molecule has 1 aliphatic heterocycles. The topological polar surface area (TPSA) is 0 Å². The SMILES string of the molecule is C=CC[N+]1(c2ccccc2)CCCCC1. The van der Waals surface area contributed by atoms with E-state index in [0.29, 0.717) is 0 Å². The Bertz CT molecular complexity index is 309. The number of para-hydroxylation sites is 1. The highest BCUT2D eigenvalue weighted by molar-refractivity contribution is 5.43. The largest absolute Gasteiger partial charge is 0.288 e. The average Bonchev–Trinajstić information content (AvgIpc) is 2.32. The van der Waals surface area contributed by atoms with Gasteiger partial charge in [-0.15, -0.1) is 0 Å². The number of likely N-dealkylation sites (tertiary alicyclic amines) is 1. The summed E-state index contributed by atoms with van der Waals surface area (Å²) in [4.78, 5) is 0. The highest BCUT2D eigenvalue weighted by Gasteiger charge is 2.30. The molecule has 1 aliphatic rings. The Morgan fingerprint density at radius 1 is 1.07 bits per heavy atom. The molecule has 0 atom stereocenters. The van der Waals surface area contributed by atoms with Crippen molar-refractivity contribution in [1.82, 2.24) is 4.48 Å². The van der Waals surface area contributed by atoms with Crippen LogP contribution >= 0.6 is 0 Å². The minimum atomic E-state index is 1.07. The first-order valence-corrected chi connectivity index (χ1v) is 5.90. The van der Waals surface area contributed by atoms with E-state index in [1.54, 1.807) is 0 Å². The minimum Gasteiger partial charge on any atom is -0.288 e. The van der Waals surface area contributed by atoms with Gasteiger partial charge < -0.3 is 0 Å². The number of benzene rings is 1. The molecule has 0 saturated carbocycles. The maximum Gasteiger partial charge on any atom is 0.133 e. The molecular weight excluding hydrogens is 182 g/mol. The summed E-state index contributed by atoms with van der Waals surface area (Å²) < 4.78 is 1.12. The lowest BCUT2D eigenvalue weighted by Gasteiger charge is -2.40. The molecule has 1 heterocycles. The summed E-state index contributed by atoms with van der Waals surface area (Å²) in [5, 5.41) is 0. The molecule has 0 spiro atoms. The summed E-state index contributed by atoms with van der Waals surface area (Å²) in [6, 6.07) is 10.9. The van der Waals surface area contributed by atoms with E-state index < -0.39 is 0 Å². The third kappa shape index (κ3) is 2.13. The molecule has 1 nitrogen and oxygen atoms in total. The highest BCUT2D eigenvalue weighted by atomic mass is 15.4. The van der Waals surface area contributed by atoms with Crippen LogP contribution in [0.5, 0.6) is 0 Å². The van der Waals surface area contributed by atoms with Crippen LogP contribution in [0, 0.1) is 0 Å². The van der Waals surface area contributed by atoms with Gasteiger partial charge in [0.15, 0.2) is 0 Å². The predicted molar refractivity (Wildman–Crippen MR) is 66.9 cm³/mol. The molecule has 1 saturated heterocycles. The van der Waals surface area contributed by atoms with E-state index in [2.05, 4.69) is 43.0 Å². The second-order valence-electron chi connectivity index (χ2n) is 4.46. The Morgan fingerprint density at radius 2 is 1.73 bits per heavy atom. The van der Waals surface area contributed by atoms with Gasteiger partial charge in [0.25, 0.3) is 0 Å². The summed E-state index contributed by atoms with van der Waals surface area (Å²) in [5.74, 6) is 0. The van der Waals surface area contributed by atoms with Crippen molar-refractivity contribution < 1.29 is 0 Å².